The SMILES string of the molecule is CCOc1ccc(N=c2scc(C)n2Cc2ccc3c(c2)OCO3)cc1. The first-order valence-electron chi connectivity index (χ1n) is 8.54. The highest BCUT2D eigenvalue weighted by Crippen LogP contribution is 2.32. The predicted molar refractivity (Wildman–Crippen MR) is 102 cm³/mol. The van der Waals surface area contributed by atoms with Crippen LogP contribution in [0.1, 0.15) is 18.2 Å². The second kappa shape index (κ2) is 7.25. The number of aromatic nitrogens is 1. The maximum absolute atomic E-state index is 5.49. The summed E-state index contributed by atoms with van der Waals surface area (Å²) in [5, 5.41) is 2.13. The average molecular weight is 368 g/mol. The van der Waals surface area contributed by atoms with Gasteiger partial charge in [0.25, 0.3) is 0 Å². The van der Waals surface area contributed by atoms with E-state index in [-0.39, 0.29) is 0 Å². The van der Waals surface area contributed by atoms with Crippen LogP contribution in [-0.2, 0) is 6.54 Å². The Kier molecular flexibility index (Phi) is 4.67. The van der Waals surface area contributed by atoms with E-state index in [0.717, 1.165) is 39.8 Å². The van der Waals surface area contributed by atoms with E-state index in [9.17, 15) is 0 Å². The van der Waals surface area contributed by atoms with Gasteiger partial charge in [0, 0.05) is 11.1 Å². The van der Waals surface area contributed by atoms with Gasteiger partial charge < -0.3 is 18.8 Å². The Bertz CT molecular complexity index is 973. The van der Waals surface area contributed by atoms with E-state index in [0.29, 0.717) is 13.4 Å². The molecule has 1 aliphatic heterocycles. The molecule has 5 nitrogen and oxygen atoms in total. The summed E-state index contributed by atoms with van der Waals surface area (Å²) in [4.78, 5) is 5.76. The number of hydrogen-bond donors (Lipinski definition) is 0. The maximum atomic E-state index is 5.49. The Morgan fingerprint density at radius 1 is 1.12 bits per heavy atom. The summed E-state index contributed by atoms with van der Waals surface area (Å²) in [6, 6.07) is 13.9. The molecule has 0 unspecified atom stereocenters. The Hall–Kier alpha value is -2.73. The molecule has 0 bridgehead atoms. The molecule has 134 valence electrons. The zero-order valence-corrected chi connectivity index (χ0v) is 15.6. The normalized spacial score (nSPS) is 13.2. The van der Waals surface area contributed by atoms with Gasteiger partial charge in [0.2, 0.25) is 6.79 Å². The molecule has 0 saturated heterocycles. The summed E-state index contributed by atoms with van der Waals surface area (Å²) in [5.41, 5.74) is 3.25. The van der Waals surface area contributed by atoms with Crippen LogP contribution in [-0.4, -0.2) is 18.0 Å². The van der Waals surface area contributed by atoms with Gasteiger partial charge in [-0.3, -0.25) is 0 Å². The Labute approximate surface area is 156 Å². The van der Waals surface area contributed by atoms with Gasteiger partial charge in [0.15, 0.2) is 16.3 Å². The lowest BCUT2D eigenvalue weighted by atomic mass is 10.2. The van der Waals surface area contributed by atoms with E-state index in [1.807, 2.05) is 43.3 Å². The van der Waals surface area contributed by atoms with E-state index in [1.54, 1.807) is 11.3 Å². The second-order valence-electron chi connectivity index (χ2n) is 5.97. The summed E-state index contributed by atoms with van der Waals surface area (Å²) in [5.74, 6) is 2.48. The molecule has 3 aromatic rings. The first-order valence-corrected chi connectivity index (χ1v) is 9.42. The van der Waals surface area contributed by atoms with Crippen LogP contribution in [0.3, 0.4) is 0 Å². The molecule has 2 aromatic carbocycles. The van der Waals surface area contributed by atoms with Crippen LogP contribution in [0.5, 0.6) is 17.2 Å². The molecule has 2 heterocycles. The highest BCUT2D eigenvalue weighted by Gasteiger charge is 2.14. The van der Waals surface area contributed by atoms with E-state index in [4.69, 9.17) is 19.2 Å². The third-order valence-corrected chi connectivity index (χ3v) is 5.12. The number of fused-ring (bicyclic) bond motifs is 1. The highest BCUT2D eigenvalue weighted by atomic mass is 32.1. The van der Waals surface area contributed by atoms with Crippen LogP contribution in [0.25, 0.3) is 0 Å². The fourth-order valence-electron chi connectivity index (χ4n) is 2.81. The Morgan fingerprint density at radius 3 is 2.73 bits per heavy atom. The Balaban J connectivity index is 1.62. The molecular weight excluding hydrogens is 348 g/mol. The van der Waals surface area contributed by atoms with E-state index < -0.39 is 0 Å². The van der Waals surface area contributed by atoms with E-state index >= 15 is 0 Å². The molecule has 0 atom stereocenters. The molecule has 6 heteroatoms. The third kappa shape index (κ3) is 3.46. The van der Waals surface area contributed by atoms with Crippen molar-refractivity contribution in [3.63, 3.8) is 0 Å². The fourth-order valence-corrected chi connectivity index (χ4v) is 3.71. The molecule has 1 aliphatic rings. The number of benzene rings is 2. The fraction of sp³-hybridized carbons (Fsp3) is 0.250. The topological polar surface area (TPSA) is 45.0 Å². The highest BCUT2D eigenvalue weighted by molar-refractivity contribution is 7.07. The summed E-state index contributed by atoms with van der Waals surface area (Å²) in [7, 11) is 0. The van der Waals surface area contributed by atoms with Crippen molar-refractivity contribution in [3.8, 4) is 17.2 Å². The molecule has 0 radical (unpaired) electrons. The van der Waals surface area contributed by atoms with Crippen LogP contribution < -0.4 is 19.0 Å². The van der Waals surface area contributed by atoms with Crippen LogP contribution >= 0.6 is 11.3 Å². The van der Waals surface area contributed by atoms with E-state index in [1.165, 1.54) is 5.69 Å². The minimum atomic E-state index is 0.293. The number of ether oxygens (including phenoxy) is 3. The van der Waals surface area contributed by atoms with Gasteiger partial charge in [-0.1, -0.05) is 6.07 Å². The largest absolute Gasteiger partial charge is 0.494 e. The molecule has 0 N–H and O–H groups in total. The number of aryl methyl sites for hydroxylation is 1. The van der Waals surface area contributed by atoms with Crippen molar-refractivity contribution in [1.82, 2.24) is 4.57 Å². The predicted octanol–water partition coefficient (Wildman–Crippen LogP) is 4.27. The zero-order chi connectivity index (χ0) is 17.9. The van der Waals surface area contributed by atoms with Crippen LogP contribution in [0.15, 0.2) is 52.8 Å². The third-order valence-electron chi connectivity index (χ3n) is 4.14. The zero-order valence-electron chi connectivity index (χ0n) is 14.8. The number of thiazole rings is 1. The van der Waals surface area contributed by atoms with Crippen LogP contribution in [0.2, 0.25) is 0 Å². The molecule has 0 spiro atoms. The van der Waals surface area contributed by atoms with Crippen molar-refractivity contribution >= 4 is 17.0 Å². The smallest absolute Gasteiger partial charge is 0.231 e. The number of rotatable bonds is 5. The first kappa shape index (κ1) is 16.7. The van der Waals surface area contributed by atoms with Crippen molar-refractivity contribution in [1.29, 1.82) is 0 Å². The summed E-state index contributed by atoms with van der Waals surface area (Å²) in [6.07, 6.45) is 0. The minimum Gasteiger partial charge on any atom is -0.494 e. The van der Waals surface area contributed by atoms with E-state index in [2.05, 4.69) is 22.9 Å². The molecule has 0 amide bonds. The van der Waals surface area contributed by atoms with Gasteiger partial charge in [-0.25, -0.2) is 4.99 Å². The summed E-state index contributed by atoms with van der Waals surface area (Å²) >= 11 is 1.64. The average Bonchev–Trinajstić information content (AvgIpc) is 3.25. The molecule has 0 fully saturated rings. The summed E-state index contributed by atoms with van der Waals surface area (Å²) < 4.78 is 18.6. The number of hydrogen-bond acceptors (Lipinski definition) is 5. The standard InChI is InChI=1S/C20H20N2O3S/c1-3-23-17-7-5-16(6-8-17)21-20-22(14(2)12-26-20)11-15-4-9-18-19(10-15)25-13-24-18/h4-10,12H,3,11,13H2,1-2H3. The maximum Gasteiger partial charge on any atom is 0.231 e. The van der Waals surface area contributed by atoms with Crippen molar-refractivity contribution in [2.75, 3.05) is 13.4 Å². The van der Waals surface area contributed by atoms with Gasteiger partial charge in [0.05, 0.1) is 18.8 Å². The summed E-state index contributed by atoms with van der Waals surface area (Å²) in [6.45, 7) is 5.77. The lowest BCUT2D eigenvalue weighted by Crippen LogP contribution is -2.16. The van der Waals surface area contributed by atoms with Crippen LogP contribution in [0, 0.1) is 6.92 Å². The Morgan fingerprint density at radius 2 is 1.92 bits per heavy atom. The molecule has 1 aromatic heterocycles. The van der Waals surface area contributed by atoms with Crippen molar-refractivity contribution in [2.45, 2.75) is 20.4 Å². The van der Waals surface area contributed by atoms with Crippen molar-refractivity contribution < 1.29 is 14.2 Å². The lowest BCUT2D eigenvalue weighted by Gasteiger charge is -2.07. The minimum absolute atomic E-state index is 0.293. The lowest BCUT2D eigenvalue weighted by molar-refractivity contribution is 0.174. The first-order chi connectivity index (χ1) is 12.7. The molecule has 0 aliphatic carbocycles. The van der Waals surface area contributed by atoms with Gasteiger partial charge >= 0.3 is 0 Å². The van der Waals surface area contributed by atoms with Gasteiger partial charge in [-0.15, -0.1) is 11.3 Å². The van der Waals surface area contributed by atoms with Gasteiger partial charge in [0.1, 0.15) is 5.75 Å². The van der Waals surface area contributed by atoms with Gasteiger partial charge in [-0.05, 0) is 55.8 Å². The van der Waals surface area contributed by atoms with Gasteiger partial charge in [-0.2, -0.15) is 0 Å². The molecule has 26 heavy (non-hydrogen) atoms. The van der Waals surface area contributed by atoms with Crippen LogP contribution in [0.4, 0.5) is 5.69 Å². The quantitative estimate of drug-likeness (QED) is 0.676. The second-order valence-corrected chi connectivity index (χ2v) is 6.81. The molecule has 4 rings (SSSR count). The molecular formula is C20H20N2O3S. The number of nitrogens with zero attached hydrogens (tertiary/aromatic N) is 2. The van der Waals surface area contributed by atoms with Crippen molar-refractivity contribution in [2.24, 2.45) is 4.99 Å². The van der Waals surface area contributed by atoms with Crippen molar-refractivity contribution in [3.05, 3.63) is 63.9 Å². The molecule has 0 saturated carbocycles. The monoisotopic (exact) mass is 368 g/mol.